The van der Waals surface area contributed by atoms with Crippen LogP contribution < -0.4 is 4.90 Å². The Bertz CT molecular complexity index is 1360. The van der Waals surface area contributed by atoms with Crippen molar-refractivity contribution in [3.05, 3.63) is 53.1 Å². The molecule has 3 aromatic rings. The Kier molecular flexibility index (Phi) is 9.97. The Balaban J connectivity index is 0.00000400. The number of carbonyl (C=O) groups excluding carboxylic acids is 1. The summed E-state index contributed by atoms with van der Waals surface area (Å²) in [5, 5.41) is 0.667. The van der Waals surface area contributed by atoms with Crippen molar-refractivity contribution in [1.29, 1.82) is 0 Å². The number of hydrogen-bond acceptors (Lipinski definition) is 6. The van der Waals surface area contributed by atoms with Crippen LogP contribution in [0, 0.1) is 25.7 Å². The van der Waals surface area contributed by atoms with E-state index >= 15 is 0 Å². The molecule has 2 aromatic carbocycles. The van der Waals surface area contributed by atoms with Crippen LogP contribution >= 0.6 is 23.7 Å². The molecule has 7 nitrogen and oxygen atoms in total. The number of rotatable bonds is 8. The van der Waals surface area contributed by atoms with Gasteiger partial charge in [-0.2, -0.15) is 4.31 Å². The summed E-state index contributed by atoms with van der Waals surface area (Å²) in [5.41, 5.74) is 3.67. The number of sulfonamides is 1. The Morgan fingerprint density at radius 2 is 1.66 bits per heavy atom. The molecule has 38 heavy (non-hydrogen) atoms. The molecule has 0 spiro atoms. The normalized spacial score (nSPS) is 18.5. The molecule has 0 radical (unpaired) electrons. The Labute approximate surface area is 237 Å². The van der Waals surface area contributed by atoms with Crippen LogP contribution in [-0.2, 0) is 10.0 Å². The number of piperidine rings is 1. The second-order valence-electron chi connectivity index (χ2n) is 10.8. The van der Waals surface area contributed by atoms with E-state index in [9.17, 15) is 13.2 Å². The average Bonchev–Trinajstić information content (AvgIpc) is 3.28. The van der Waals surface area contributed by atoms with Gasteiger partial charge in [0.25, 0.3) is 5.91 Å². The van der Waals surface area contributed by atoms with Crippen LogP contribution in [-0.4, -0.2) is 68.8 Å². The monoisotopic (exact) mass is 578 g/mol. The van der Waals surface area contributed by atoms with Crippen LogP contribution in [0.15, 0.2) is 41.3 Å². The first-order valence-corrected chi connectivity index (χ1v) is 15.2. The molecule has 1 fully saturated rings. The number of carbonyl (C=O) groups is 1. The first-order valence-electron chi connectivity index (χ1n) is 12.9. The van der Waals surface area contributed by atoms with E-state index in [0.717, 1.165) is 35.2 Å². The van der Waals surface area contributed by atoms with Crippen molar-refractivity contribution in [1.82, 2.24) is 14.2 Å². The maximum absolute atomic E-state index is 13.7. The van der Waals surface area contributed by atoms with E-state index in [1.165, 1.54) is 16.9 Å². The topological polar surface area (TPSA) is 73.8 Å². The molecule has 1 aliphatic rings. The summed E-state index contributed by atoms with van der Waals surface area (Å²) in [6.07, 6.45) is 1.83. The van der Waals surface area contributed by atoms with Crippen molar-refractivity contribution in [2.24, 2.45) is 11.8 Å². The Morgan fingerprint density at radius 1 is 1.03 bits per heavy atom. The molecule has 0 saturated carbocycles. The summed E-state index contributed by atoms with van der Waals surface area (Å²) in [5.74, 6) is 0.490. The van der Waals surface area contributed by atoms with Gasteiger partial charge in [-0.3, -0.25) is 9.69 Å². The Morgan fingerprint density at radius 3 is 2.26 bits per heavy atom. The van der Waals surface area contributed by atoms with Gasteiger partial charge in [0.15, 0.2) is 5.13 Å². The highest BCUT2D eigenvalue weighted by Gasteiger charge is 2.32. The molecule has 1 aromatic heterocycles. The maximum Gasteiger partial charge on any atom is 0.260 e. The number of aryl methyl sites for hydroxylation is 2. The van der Waals surface area contributed by atoms with E-state index in [1.54, 1.807) is 33.5 Å². The molecule has 0 aliphatic carbocycles. The number of thiazole rings is 1. The number of fused-ring (bicyclic) bond motifs is 1. The number of benzene rings is 2. The maximum atomic E-state index is 13.7. The molecule has 1 aliphatic heterocycles. The standard InChI is InChI=1S/C28H38N4O3S2.ClH/c1-19-16-20(2)18-31(17-19)37(34,35)24-11-9-23(10-12-24)27(33)32(15-7-14-30(5)6)28-29-26-22(4)21(3)8-13-25(26)36-28;/h8-13,19-20H,7,14-18H2,1-6H3;1H. The van der Waals surface area contributed by atoms with Crippen LogP contribution in [0.5, 0.6) is 0 Å². The van der Waals surface area contributed by atoms with Crippen molar-refractivity contribution in [2.75, 3.05) is 45.2 Å². The highest BCUT2D eigenvalue weighted by atomic mass is 35.5. The number of amides is 1. The van der Waals surface area contributed by atoms with Crippen LogP contribution in [0.2, 0.25) is 0 Å². The van der Waals surface area contributed by atoms with Crippen LogP contribution in [0.25, 0.3) is 10.2 Å². The molecule has 0 bridgehead atoms. The predicted molar refractivity (Wildman–Crippen MR) is 159 cm³/mol. The third-order valence-corrected chi connectivity index (χ3v) is 10.0. The average molecular weight is 579 g/mol. The second-order valence-corrected chi connectivity index (χ2v) is 13.7. The van der Waals surface area contributed by atoms with Crippen molar-refractivity contribution < 1.29 is 13.2 Å². The third kappa shape index (κ3) is 6.57. The van der Waals surface area contributed by atoms with Crippen LogP contribution in [0.1, 0.15) is 48.2 Å². The first-order chi connectivity index (χ1) is 17.5. The molecule has 1 saturated heterocycles. The minimum absolute atomic E-state index is 0. The summed E-state index contributed by atoms with van der Waals surface area (Å²) in [7, 11) is 0.426. The molecule has 2 unspecified atom stereocenters. The smallest absolute Gasteiger partial charge is 0.260 e. The number of hydrogen-bond donors (Lipinski definition) is 0. The first kappa shape index (κ1) is 30.5. The van der Waals surface area contributed by atoms with Crippen molar-refractivity contribution in [2.45, 2.75) is 45.4 Å². The van der Waals surface area contributed by atoms with Gasteiger partial charge < -0.3 is 4.90 Å². The van der Waals surface area contributed by atoms with Gasteiger partial charge in [-0.25, -0.2) is 13.4 Å². The number of halogens is 1. The molecule has 2 atom stereocenters. The lowest BCUT2D eigenvalue weighted by Gasteiger charge is -2.34. The van der Waals surface area contributed by atoms with Gasteiger partial charge in [-0.15, -0.1) is 12.4 Å². The lowest BCUT2D eigenvalue weighted by Crippen LogP contribution is -2.42. The fourth-order valence-electron chi connectivity index (χ4n) is 5.04. The molecular weight excluding hydrogens is 540 g/mol. The SMILES string of the molecule is Cc1ccc2sc(N(CCCN(C)C)C(=O)c3ccc(S(=O)(=O)N4CC(C)CC(C)C4)cc3)nc2c1C.Cl. The van der Waals surface area contributed by atoms with E-state index < -0.39 is 10.0 Å². The molecular formula is C28H39ClN4O3S2. The van der Waals surface area contributed by atoms with Gasteiger partial charge in [-0.05, 0) is 101 Å². The zero-order chi connectivity index (χ0) is 26.9. The van der Waals surface area contributed by atoms with E-state index in [-0.39, 0.29) is 23.2 Å². The predicted octanol–water partition coefficient (Wildman–Crippen LogP) is 5.60. The van der Waals surface area contributed by atoms with Crippen LogP contribution in [0.3, 0.4) is 0 Å². The molecule has 10 heteroatoms. The van der Waals surface area contributed by atoms with Gasteiger partial charge in [-0.1, -0.05) is 31.3 Å². The highest BCUT2D eigenvalue weighted by Crippen LogP contribution is 2.33. The zero-order valence-electron chi connectivity index (χ0n) is 23.1. The minimum Gasteiger partial charge on any atom is -0.309 e. The van der Waals surface area contributed by atoms with Gasteiger partial charge in [0.05, 0.1) is 15.1 Å². The van der Waals surface area contributed by atoms with E-state index in [0.29, 0.717) is 42.2 Å². The minimum atomic E-state index is -3.60. The van der Waals surface area contributed by atoms with Gasteiger partial charge >= 0.3 is 0 Å². The zero-order valence-corrected chi connectivity index (χ0v) is 25.5. The van der Waals surface area contributed by atoms with Gasteiger partial charge in [0, 0.05) is 25.2 Å². The fourth-order valence-corrected chi connectivity index (χ4v) is 7.76. The number of aromatic nitrogens is 1. The quantitative estimate of drug-likeness (QED) is 0.348. The van der Waals surface area contributed by atoms with E-state index in [4.69, 9.17) is 4.98 Å². The molecule has 1 amide bonds. The van der Waals surface area contributed by atoms with Crippen LogP contribution in [0.4, 0.5) is 5.13 Å². The van der Waals surface area contributed by atoms with Gasteiger partial charge in [0.1, 0.15) is 0 Å². The lowest BCUT2D eigenvalue weighted by molar-refractivity contribution is 0.0986. The number of anilines is 1. The summed E-state index contributed by atoms with van der Waals surface area (Å²) in [4.78, 5) is 22.6. The largest absolute Gasteiger partial charge is 0.309 e. The number of nitrogens with zero attached hydrogens (tertiary/aromatic N) is 4. The third-order valence-electron chi connectivity index (χ3n) is 7.11. The van der Waals surface area contributed by atoms with E-state index in [2.05, 4.69) is 44.7 Å². The summed E-state index contributed by atoms with van der Waals surface area (Å²) in [6, 6.07) is 10.5. The van der Waals surface area contributed by atoms with Gasteiger partial charge in [0.2, 0.25) is 10.0 Å². The lowest BCUT2D eigenvalue weighted by atomic mass is 9.94. The summed E-state index contributed by atoms with van der Waals surface area (Å²) in [6.45, 7) is 10.7. The summed E-state index contributed by atoms with van der Waals surface area (Å²) < 4.78 is 29.2. The molecule has 2 heterocycles. The van der Waals surface area contributed by atoms with E-state index in [1.807, 2.05) is 14.1 Å². The molecule has 0 N–H and O–H groups in total. The van der Waals surface area contributed by atoms with Crippen molar-refractivity contribution >= 4 is 55.0 Å². The van der Waals surface area contributed by atoms with Crippen molar-refractivity contribution in [3.63, 3.8) is 0 Å². The fraction of sp³-hybridized carbons (Fsp3) is 0.500. The summed E-state index contributed by atoms with van der Waals surface area (Å²) >= 11 is 1.51. The molecule has 4 rings (SSSR count). The Hall–Kier alpha value is -2.04. The second kappa shape index (κ2) is 12.4. The highest BCUT2D eigenvalue weighted by molar-refractivity contribution is 7.89. The molecule has 208 valence electrons. The van der Waals surface area contributed by atoms with Crippen molar-refractivity contribution in [3.8, 4) is 0 Å².